The summed E-state index contributed by atoms with van der Waals surface area (Å²) >= 11 is 1.33. The number of aromatic nitrogens is 1. The number of fused-ring (bicyclic) bond motifs is 1. The molecule has 3 nitrogen and oxygen atoms in total. The van der Waals surface area contributed by atoms with Crippen LogP contribution in [-0.2, 0) is 0 Å². The van der Waals surface area contributed by atoms with Gasteiger partial charge in [-0.25, -0.2) is 4.98 Å². The molecule has 0 unspecified atom stereocenters. The quantitative estimate of drug-likeness (QED) is 0.395. The lowest BCUT2D eigenvalue weighted by molar-refractivity contribution is 0.0963. The van der Waals surface area contributed by atoms with Crippen LogP contribution in [0.3, 0.4) is 0 Å². The van der Waals surface area contributed by atoms with Crippen LogP contribution in [0.5, 0.6) is 0 Å². The van der Waals surface area contributed by atoms with Crippen molar-refractivity contribution in [1.82, 2.24) is 4.98 Å². The molecule has 0 atom stereocenters. The van der Waals surface area contributed by atoms with Crippen LogP contribution in [0.15, 0.2) is 90.0 Å². The first-order valence-electron chi connectivity index (χ1n) is 10.3. The summed E-state index contributed by atoms with van der Waals surface area (Å²) in [6.45, 7) is 0. The number of carbonyl (C=O) groups excluding carboxylic acids is 2. The molecular formula is C27H15NO2S. The number of hydrogen-bond acceptors (Lipinski definition) is 4. The van der Waals surface area contributed by atoms with E-state index in [1.165, 1.54) is 11.3 Å². The van der Waals surface area contributed by atoms with E-state index in [9.17, 15) is 9.59 Å². The van der Waals surface area contributed by atoms with E-state index in [4.69, 9.17) is 0 Å². The highest BCUT2D eigenvalue weighted by Gasteiger charge is 2.51. The van der Waals surface area contributed by atoms with Crippen LogP contribution >= 0.6 is 11.3 Å². The van der Waals surface area contributed by atoms with Gasteiger partial charge in [0.1, 0.15) is 15.6 Å². The first kappa shape index (κ1) is 17.1. The number of rotatable bonds is 1. The number of nitrogens with zero attached hydrogens (tertiary/aromatic N) is 1. The standard InChI is InChI=1S/C27H15NO2S/c29-24-21-19-15-10-4-6-12-17(15)20(18-13-7-5-11-16(18)19)22(21)25(30)26-23(24)28-27(31-26)14-8-2-1-3-9-14/h1-13,19-20H. The van der Waals surface area contributed by atoms with Gasteiger partial charge in [0.25, 0.3) is 0 Å². The summed E-state index contributed by atoms with van der Waals surface area (Å²) in [6, 6.07) is 26.2. The average molecular weight is 417 g/mol. The lowest BCUT2D eigenvalue weighted by Crippen LogP contribution is -2.37. The zero-order valence-electron chi connectivity index (χ0n) is 16.3. The van der Waals surface area contributed by atoms with Gasteiger partial charge in [0.05, 0.1) is 0 Å². The predicted molar refractivity (Wildman–Crippen MR) is 120 cm³/mol. The average Bonchev–Trinajstić information content (AvgIpc) is 3.29. The second kappa shape index (κ2) is 5.96. The molecule has 1 aromatic heterocycles. The Labute approximate surface area is 182 Å². The maximum Gasteiger partial charge on any atom is 0.210 e. The fourth-order valence-corrected chi connectivity index (χ4v) is 6.45. The Morgan fingerprint density at radius 3 is 1.65 bits per heavy atom. The molecule has 4 aliphatic carbocycles. The molecule has 0 saturated heterocycles. The van der Waals surface area contributed by atoms with Crippen LogP contribution in [-0.4, -0.2) is 16.6 Å². The number of thiazole rings is 1. The van der Waals surface area contributed by atoms with Crippen LogP contribution in [0.4, 0.5) is 0 Å². The number of ketones is 2. The Hall–Kier alpha value is -3.63. The molecule has 0 amide bonds. The molecule has 0 aliphatic heterocycles. The molecule has 31 heavy (non-hydrogen) atoms. The number of carbonyl (C=O) groups is 2. The van der Waals surface area contributed by atoms with E-state index in [-0.39, 0.29) is 23.4 Å². The van der Waals surface area contributed by atoms with E-state index in [1.54, 1.807) is 0 Å². The van der Waals surface area contributed by atoms with Gasteiger partial charge >= 0.3 is 0 Å². The molecule has 2 bridgehead atoms. The Balaban J connectivity index is 1.48. The molecule has 4 heteroatoms. The Bertz CT molecular complexity index is 1340. The third-order valence-corrected chi connectivity index (χ3v) is 7.77. The fraction of sp³-hybridized carbons (Fsp3) is 0.0741. The molecule has 4 aliphatic rings. The molecule has 4 aromatic rings. The predicted octanol–water partition coefficient (Wildman–Crippen LogP) is 5.78. The van der Waals surface area contributed by atoms with E-state index in [0.717, 1.165) is 32.8 Å². The highest BCUT2D eigenvalue weighted by molar-refractivity contribution is 7.17. The smallest absolute Gasteiger partial charge is 0.210 e. The second-order valence-electron chi connectivity index (χ2n) is 8.17. The minimum absolute atomic E-state index is 0.0386. The zero-order valence-corrected chi connectivity index (χ0v) is 17.1. The summed E-state index contributed by atoms with van der Waals surface area (Å²) in [4.78, 5) is 32.7. The van der Waals surface area contributed by atoms with Crippen molar-refractivity contribution in [1.29, 1.82) is 0 Å². The van der Waals surface area contributed by atoms with E-state index in [2.05, 4.69) is 29.2 Å². The third kappa shape index (κ3) is 2.10. The van der Waals surface area contributed by atoms with Gasteiger partial charge in [-0.05, 0) is 22.3 Å². The lowest BCUT2D eigenvalue weighted by Gasteiger charge is -2.43. The van der Waals surface area contributed by atoms with Crippen molar-refractivity contribution in [2.24, 2.45) is 0 Å². The van der Waals surface area contributed by atoms with Crippen molar-refractivity contribution in [3.8, 4) is 10.6 Å². The van der Waals surface area contributed by atoms with Crippen LogP contribution < -0.4 is 0 Å². The van der Waals surface area contributed by atoms with Gasteiger partial charge in [0.15, 0.2) is 0 Å². The fourth-order valence-electron chi connectivity index (χ4n) is 5.43. The van der Waals surface area contributed by atoms with Gasteiger partial charge < -0.3 is 0 Å². The highest BCUT2D eigenvalue weighted by Crippen LogP contribution is 2.58. The van der Waals surface area contributed by atoms with Crippen molar-refractivity contribution < 1.29 is 9.59 Å². The Morgan fingerprint density at radius 1 is 0.613 bits per heavy atom. The second-order valence-corrected chi connectivity index (χ2v) is 9.17. The van der Waals surface area contributed by atoms with Gasteiger partial charge in [0, 0.05) is 28.5 Å². The van der Waals surface area contributed by atoms with E-state index in [1.807, 2.05) is 54.6 Å². The van der Waals surface area contributed by atoms with E-state index in [0.29, 0.717) is 21.7 Å². The van der Waals surface area contributed by atoms with Crippen LogP contribution in [0, 0.1) is 0 Å². The van der Waals surface area contributed by atoms with Gasteiger partial charge in [-0.3, -0.25) is 9.59 Å². The Morgan fingerprint density at radius 2 is 1.10 bits per heavy atom. The number of allylic oxidation sites excluding steroid dienone is 2. The van der Waals surface area contributed by atoms with Crippen molar-refractivity contribution in [2.45, 2.75) is 11.8 Å². The normalized spacial score (nSPS) is 20.3. The monoisotopic (exact) mass is 417 g/mol. The van der Waals surface area contributed by atoms with E-state index < -0.39 is 0 Å². The van der Waals surface area contributed by atoms with Crippen LogP contribution in [0.2, 0.25) is 0 Å². The van der Waals surface area contributed by atoms with Crippen LogP contribution in [0.25, 0.3) is 10.6 Å². The lowest BCUT2D eigenvalue weighted by atomic mass is 9.58. The topological polar surface area (TPSA) is 47.0 Å². The third-order valence-electron chi connectivity index (χ3n) is 6.66. The summed E-state index contributed by atoms with van der Waals surface area (Å²) in [6.07, 6.45) is 0. The number of benzene rings is 3. The summed E-state index contributed by atoms with van der Waals surface area (Å²) in [5.74, 6) is -0.538. The molecule has 0 saturated carbocycles. The van der Waals surface area contributed by atoms with Gasteiger partial charge in [-0.15, -0.1) is 11.3 Å². The van der Waals surface area contributed by atoms with Crippen LogP contribution in [0.1, 0.15) is 54.2 Å². The minimum atomic E-state index is -0.209. The Kier molecular flexibility index (Phi) is 3.29. The molecule has 0 spiro atoms. The van der Waals surface area contributed by atoms with Gasteiger partial charge in [-0.1, -0.05) is 78.9 Å². The molecule has 0 radical (unpaired) electrons. The van der Waals surface area contributed by atoms with Crippen molar-refractivity contribution >= 4 is 22.9 Å². The van der Waals surface area contributed by atoms with Gasteiger partial charge in [0.2, 0.25) is 11.6 Å². The zero-order chi connectivity index (χ0) is 20.7. The SMILES string of the molecule is O=C1C2=C(C(=O)c3sc(-c4ccccc4)nc31)C1c3ccccc3C2c2ccccc21. The summed E-state index contributed by atoms with van der Waals surface area (Å²) in [5.41, 5.74) is 7.07. The minimum Gasteiger partial charge on any atom is -0.288 e. The molecule has 146 valence electrons. The first-order chi connectivity index (χ1) is 15.2. The van der Waals surface area contributed by atoms with E-state index >= 15 is 0 Å². The highest BCUT2D eigenvalue weighted by atomic mass is 32.1. The maximum atomic E-state index is 13.8. The molecule has 3 aromatic carbocycles. The largest absolute Gasteiger partial charge is 0.288 e. The summed E-state index contributed by atoms with van der Waals surface area (Å²) < 4.78 is 0. The van der Waals surface area contributed by atoms with Gasteiger partial charge in [-0.2, -0.15) is 0 Å². The summed E-state index contributed by atoms with van der Waals surface area (Å²) in [7, 11) is 0. The number of hydrogen-bond donors (Lipinski definition) is 0. The molecule has 0 N–H and O–H groups in total. The molecule has 1 heterocycles. The first-order valence-corrected chi connectivity index (χ1v) is 11.1. The van der Waals surface area contributed by atoms with Crippen molar-refractivity contribution in [2.75, 3.05) is 0 Å². The van der Waals surface area contributed by atoms with Crippen molar-refractivity contribution in [3.63, 3.8) is 0 Å². The summed E-state index contributed by atoms with van der Waals surface area (Å²) in [5, 5.41) is 0.717. The number of Topliss-reactive ketones (excluding diaryl/α,β-unsaturated/α-hetero) is 2. The maximum absolute atomic E-state index is 13.8. The molecule has 0 fully saturated rings. The van der Waals surface area contributed by atoms with Crippen molar-refractivity contribution in [3.05, 3.63) is 123 Å². The molecule has 8 rings (SSSR count). The molecular weight excluding hydrogens is 402 g/mol.